The zero-order valence-corrected chi connectivity index (χ0v) is 10.8. The molecule has 0 bridgehead atoms. The number of carbonyl (C=O) groups is 1. The van der Waals surface area contributed by atoms with Crippen LogP contribution in [-0.2, 0) is 11.2 Å². The highest BCUT2D eigenvalue weighted by molar-refractivity contribution is 5.99. The summed E-state index contributed by atoms with van der Waals surface area (Å²) >= 11 is 0. The minimum Gasteiger partial charge on any atom is -0.273 e. The molecule has 0 aliphatic rings. The average molecular weight is 252 g/mol. The highest BCUT2D eigenvalue weighted by atomic mass is 16.2. The first-order valence-corrected chi connectivity index (χ1v) is 6.18. The average Bonchev–Trinajstić information content (AvgIpc) is 2.47. The molecule has 0 heterocycles. The smallest absolute Gasteiger partial charge is 0.244 e. The lowest BCUT2D eigenvalue weighted by Crippen LogP contribution is -2.21. The zero-order valence-electron chi connectivity index (χ0n) is 10.8. The van der Waals surface area contributed by atoms with Crippen LogP contribution < -0.4 is 5.43 Å². The standard InChI is InChI=1S/C16H16N2O/c1-13(15-10-6-3-7-11-15)17-18-16(19)12-14-8-4-2-5-9-14/h2-11H,12H2,1H3,(H,18,19)/b17-13-. The summed E-state index contributed by atoms with van der Waals surface area (Å²) in [5.41, 5.74) is 5.35. The number of hydrazone groups is 1. The number of nitrogens with zero attached hydrogens (tertiary/aromatic N) is 1. The van der Waals surface area contributed by atoms with Crippen molar-refractivity contribution in [1.82, 2.24) is 5.43 Å². The van der Waals surface area contributed by atoms with Gasteiger partial charge < -0.3 is 0 Å². The minimum absolute atomic E-state index is 0.110. The molecule has 2 aromatic rings. The van der Waals surface area contributed by atoms with Crippen molar-refractivity contribution in [3.05, 3.63) is 71.8 Å². The molecule has 19 heavy (non-hydrogen) atoms. The van der Waals surface area contributed by atoms with E-state index < -0.39 is 0 Å². The first-order chi connectivity index (χ1) is 9.25. The van der Waals surface area contributed by atoms with Gasteiger partial charge in [0.2, 0.25) is 5.91 Å². The summed E-state index contributed by atoms with van der Waals surface area (Å²) in [7, 11) is 0. The van der Waals surface area contributed by atoms with Crippen molar-refractivity contribution in [2.45, 2.75) is 13.3 Å². The van der Waals surface area contributed by atoms with Gasteiger partial charge in [-0.15, -0.1) is 0 Å². The van der Waals surface area contributed by atoms with Crippen LogP contribution in [0.3, 0.4) is 0 Å². The molecule has 0 aromatic heterocycles. The number of hydrogen-bond donors (Lipinski definition) is 1. The van der Waals surface area contributed by atoms with E-state index in [4.69, 9.17) is 0 Å². The number of benzene rings is 2. The Hall–Kier alpha value is -2.42. The number of nitrogens with one attached hydrogen (secondary N) is 1. The molecule has 1 N–H and O–H groups in total. The lowest BCUT2D eigenvalue weighted by Gasteiger charge is -2.03. The van der Waals surface area contributed by atoms with Crippen molar-refractivity contribution < 1.29 is 4.79 Å². The van der Waals surface area contributed by atoms with Crippen LogP contribution in [0.4, 0.5) is 0 Å². The molecule has 0 saturated heterocycles. The zero-order chi connectivity index (χ0) is 13.5. The van der Waals surface area contributed by atoms with Gasteiger partial charge in [0, 0.05) is 0 Å². The maximum atomic E-state index is 11.7. The third kappa shape index (κ3) is 4.07. The Morgan fingerprint density at radius 2 is 1.58 bits per heavy atom. The summed E-state index contributed by atoms with van der Waals surface area (Å²) in [5, 5.41) is 4.11. The van der Waals surface area contributed by atoms with Crippen molar-refractivity contribution in [2.24, 2.45) is 5.10 Å². The van der Waals surface area contributed by atoms with Crippen molar-refractivity contribution in [3.8, 4) is 0 Å². The molecule has 0 fully saturated rings. The molecule has 3 nitrogen and oxygen atoms in total. The molecule has 0 saturated carbocycles. The second kappa shape index (κ2) is 6.50. The van der Waals surface area contributed by atoms with E-state index in [1.165, 1.54) is 0 Å². The third-order valence-electron chi connectivity index (χ3n) is 2.75. The highest BCUT2D eigenvalue weighted by Gasteiger charge is 2.02. The van der Waals surface area contributed by atoms with E-state index in [-0.39, 0.29) is 5.91 Å². The molecule has 0 aliphatic carbocycles. The normalized spacial score (nSPS) is 11.1. The highest BCUT2D eigenvalue weighted by Crippen LogP contribution is 2.01. The van der Waals surface area contributed by atoms with Crippen molar-refractivity contribution in [2.75, 3.05) is 0 Å². The first-order valence-electron chi connectivity index (χ1n) is 6.18. The fraction of sp³-hybridized carbons (Fsp3) is 0.125. The van der Waals surface area contributed by atoms with Gasteiger partial charge in [-0.3, -0.25) is 4.79 Å². The van der Waals surface area contributed by atoms with E-state index >= 15 is 0 Å². The van der Waals surface area contributed by atoms with Crippen LogP contribution in [0, 0.1) is 0 Å². The molecule has 0 unspecified atom stereocenters. The Kier molecular flexibility index (Phi) is 4.45. The Labute approximate surface area is 113 Å². The second-order valence-corrected chi connectivity index (χ2v) is 4.26. The van der Waals surface area contributed by atoms with Crippen LogP contribution in [0.2, 0.25) is 0 Å². The van der Waals surface area contributed by atoms with Gasteiger partial charge in [0.15, 0.2) is 0 Å². The lowest BCUT2D eigenvalue weighted by molar-refractivity contribution is -0.120. The molecule has 0 aliphatic heterocycles. The van der Waals surface area contributed by atoms with Gasteiger partial charge in [0.05, 0.1) is 12.1 Å². The van der Waals surface area contributed by atoms with E-state index in [2.05, 4.69) is 10.5 Å². The summed E-state index contributed by atoms with van der Waals surface area (Å²) in [4.78, 5) is 11.7. The molecule has 2 aromatic carbocycles. The van der Waals surface area contributed by atoms with Crippen LogP contribution in [0.5, 0.6) is 0 Å². The Balaban J connectivity index is 1.93. The van der Waals surface area contributed by atoms with Gasteiger partial charge in [0.1, 0.15) is 0 Å². The van der Waals surface area contributed by atoms with Gasteiger partial charge in [-0.2, -0.15) is 5.10 Å². The largest absolute Gasteiger partial charge is 0.273 e. The van der Waals surface area contributed by atoms with Crippen LogP contribution in [0.15, 0.2) is 65.8 Å². The lowest BCUT2D eigenvalue weighted by atomic mass is 10.1. The minimum atomic E-state index is -0.110. The van der Waals surface area contributed by atoms with Gasteiger partial charge in [-0.1, -0.05) is 60.7 Å². The topological polar surface area (TPSA) is 41.5 Å². The fourth-order valence-electron chi connectivity index (χ4n) is 1.71. The molecule has 3 heteroatoms. The van der Waals surface area contributed by atoms with Crippen LogP contribution in [-0.4, -0.2) is 11.6 Å². The van der Waals surface area contributed by atoms with Crippen molar-refractivity contribution >= 4 is 11.6 Å². The van der Waals surface area contributed by atoms with E-state index in [0.29, 0.717) is 6.42 Å². The SMILES string of the molecule is C/C(=N/NC(=O)Cc1ccccc1)c1ccccc1. The predicted molar refractivity (Wildman–Crippen MR) is 76.9 cm³/mol. The number of rotatable bonds is 4. The fourth-order valence-corrected chi connectivity index (χ4v) is 1.71. The monoisotopic (exact) mass is 252 g/mol. The second-order valence-electron chi connectivity index (χ2n) is 4.26. The third-order valence-corrected chi connectivity index (χ3v) is 2.75. The predicted octanol–water partition coefficient (Wildman–Crippen LogP) is 2.77. The quantitative estimate of drug-likeness (QED) is 0.659. The molecule has 1 amide bonds. The molecule has 0 atom stereocenters. The van der Waals surface area contributed by atoms with E-state index in [0.717, 1.165) is 16.8 Å². The number of amides is 1. The molecule has 0 radical (unpaired) electrons. The maximum Gasteiger partial charge on any atom is 0.244 e. The summed E-state index contributed by atoms with van der Waals surface area (Å²) in [6, 6.07) is 19.4. The molecular weight excluding hydrogens is 236 g/mol. The summed E-state index contributed by atoms with van der Waals surface area (Å²) in [6.07, 6.45) is 0.340. The summed E-state index contributed by atoms with van der Waals surface area (Å²) in [5.74, 6) is -0.110. The van der Waals surface area contributed by atoms with Gasteiger partial charge in [0.25, 0.3) is 0 Å². The molecular formula is C16H16N2O. The van der Waals surface area contributed by atoms with E-state index in [1.807, 2.05) is 67.6 Å². The Morgan fingerprint density at radius 3 is 2.21 bits per heavy atom. The van der Waals surface area contributed by atoms with Gasteiger partial charge in [-0.25, -0.2) is 5.43 Å². The maximum absolute atomic E-state index is 11.7. The van der Waals surface area contributed by atoms with Crippen LogP contribution >= 0.6 is 0 Å². The summed E-state index contributed by atoms with van der Waals surface area (Å²) in [6.45, 7) is 1.87. The first kappa shape index (κ1) is 13.0. The summed E-state index contributed by atoms with van der Waals surface area (Å²) < 4.78 is 0. The van der Waals surface area contributed by atoms with Crippen LogP contribution in [0.1, 0.15) is 18.1 Å². The van der Waals surface area contributed by atoms with Crippen molar-refractivity contribution in [1.29, 1.82) is 0 Å². The molecule has 0 spiro atoms. The Bertz CT molecular complexity index is 562. The number of carbonyl (C=O) groups excluding carboxylic acids is 1. The van der Waals surface area contributed by atoms with Crippen LogP contribution in [0.25, 0.3) is 0 Å². The van der Waals surface area contributed by atoms with Crippen molar-refractivity contribution in [3.63, 3.8) is 0 Å². The number of hydrogen-bond acceptors (Lipinski definition) is 2. The van der Waals surface area contributed by atoms with Gasteiger partial charge >= 0.3 is 0 Å². The van der Waals surface area contributed by atoms with E-state index in [1.54, 1.807) is 0 Å². The van der Waals surface area contributed by atoms with Gasteiger partial charge in [-0.05, 0) is 18.1 Å². The Morgan fingerprint density at radius 1 is 1.00 bits per heavy atom. The molecule has 2 rings (SSSR count). The molecule has 96 valence electrons. The van der Waals surface area contributed by atoms with E-state index in [9.17, 15) is 4.79 Å².